The Bertz CT molecular complexity index is 447. The molecule has 1 aliphatic heterocycles. The smallest absolute Gasteiger partial charge is 0.221 e. The average Bonchev–Trinajstić information content (AvgIpc) is 2.87. The van der Waals surface area contributed by atoms with Crippen molar-refractivity contribution in [3.05, 3.63) is 23.8 Å². The fraction of sp³-hybridized carbons (Fsp3) is 0.462. The largest absolute Gasteiger partial charge is 0.493 e. The lowest BCUT2D eigenvalue weighted by Crippen LogP contribution is -2.28. The molecule has 5 heteroatoms. The molecule has 1 aromatic carbocycles. The van der Waals surface area contributed by atoms with Gasteiger partial charge in [-0.3, -0.25) is 4.79 Å². The van der Waals surface area contributed by atoms with Crippen molar-refractivity contribution in [1.82, 2.24) is 4.90 Å². The van der Waals surface area contributed by atoms with Gasteiger partial charge in [0.1, 0.15) is 0 Å². The Labute approximate surface area is 106 Å². The molecule has 0 saturated carbocycles. The van der Waals surface area contributed by atoms with Crippen molar-refractivity contribution in [1.29, 1.82) is 0 Å². The van der Waals surface area contributed by atoms with E-state index in [4.69, 9.17) is 14.2 Å². The number of rotatable bonds is 3. The van der Waals surface area contributed by atoms with Crippen LogP contribution in [0.3, 0.4) is 0 Å². The van der Waals surface area contributed by atoms with Crippen LogP contribution in [0.5, 0.6) is 11.5 Å². The summed E-state index contributed by atoms with van der Waals surface area (Å²) in [6, 6.07) is 5.53. The third-order valence-electron chi connectivity index (χ3n) is 2.99. The maximum atomic E-state index is 11.5. The third kappa shape index (κ3) is 2.26. The van der Waals surface area contributed by atoms with Crippen molar-refractivity contribution in [3.63, 3.8) is 0 Å². The van der Waals surface area contributed by atoms with Gasteiger partial charge in [-0.05, 0) is 12.1 Å². The first kappa shape index (κ1) is 12.7. The molecule has 1 amide bonds. The van der Waals surface area contributed by atoms with Gasteiger partial charge in [0.2, 0.25) is 5.91 Å². The Hall–Kier alpha value is -1.75. The van der Waals surface area contributed by atoms with Crippen LogP contribution in [0, 0.1) is 0 Å². The van der Waals surface area contributed by atoms with Gasteiger partial charge < -0.3 is 19.1 Å². The molecular weight excluding hydrogens is 234 g/mol. The summed E-state index contributed by atoms with van der Waals surface area (Å²) in [5, 5.41) is 0. The zero-order chi connectivity index (χ0) is 13.1. The number of hydrogen-bond acceptors (Lipinski definition) is 4. The van der Waals surface area contributed by atoms with Gasteiger partial charge in [-0.15, -0.1) is 0 Å². The van der Waals surface area contributed by atoms with Crippen LogP contribution in [0.2, 0.25) is 0 Å². The second-order valence-electron chi connectivity index (χ2n) is 4.05. The van der Waals surface area contributed by atoms with E-state index >= 15 is 0 Å². The summed E-state index contributed by atoms with van der Waals surface area (Å²) in [6.45, 7) is 2.72. The Morgan fingerprint density at radius 1 is 1.33 bits per heavy atom. The van der Waals surface area contributed by atoms with Crippen LogP contribution >= 0.6 is 0 Å². The molecule has 1 saturated heterocycles. The first-order valence-corrected chi connectivity index (χ1v) is 5.78. The highest BCUT2D eigenvalue weighted by molar-refractivity contribution is 5.74. The van der Waals surface area contributed by atoms with E-state index in [1.54, 1.807) is 26.0 Å². The van der Waals surface area contributed by atoms with Gasteiger partial charge in [-0.1, -0.05) is 6.07 Å². The summed E-state index contributed by atoms with van der Waals surface area (Å²) >= 11 is 0. The highest BCUT2D eigenvalue weighted by Gasteiger charge is 2.29. The molecule has 1 aromatic rings. The van der Waals surface area contributed by atoms with Crippen LogP contribution in [-0.2, 0) is 9.53 Å². The number of amides is 1. The monoisotopic (exact) mass is 251 g/mol. The second kappa shape index (κ2) is 5.27. The van der Waals surface area contributed by atoms with Crippen molar-refractivity contribution in [2.24, 2.45) is 0 Å². The second-order valence-corrected chi connectivity index (χ2v) is 4.05. The van der Waals surface area contributed by atoms with Crippen molar-refractivity contribution in [3.8, 4) is 11.5 Å². The molecule has 1 aliphatic rings. The van der Waals surface area contributed by atoms with Crippen molar-refractivity contribution in [2.45, 2.75) is 13.2 Å². The Morgan fingerprint density at radius 2 is 2.06 bits per heavy atom. The number of methoxy groups -OCH3 is 2. The molecule has 1 atom stereocenters. The summed E-state index contributed by atoms with van der Waals surface area (Å²) in [4.78, 5) is 13.2. The van der Waals surface area contributed by atoms with Crippen LogP contribution in [0.1, 0.15) is 18.7 Å². The zero-order valence-electron chi connectivity index (χ0n) is 10.8. The van der Waals surface area contributed by atoms with Crippen LogP contribution in [-0.4, -0.2) is 38.2 Å². The zero-order valence-corrected chi connectivity index (χ0v) is 10.8. The van der Waals surface area contributed by atoms with E-state index < -0.39 is 0 Å². The molecule has 0 radical (unpaired) electrons. The van der Waals surface area contributed by atoms with E-state index in [1.807, 2.05) is 18.2 Å². The van der Waals surface area contributed by atoms with Crippen LogP contribution in [0.4, 0.5) is 0 Å². The number of carbonyl (C=O) groups excluding carboxylic acids is 1. The van der Waals surface area contributed by atoms with Crippen LogP contribution in [0.25, 0.3) is 0 Å². The minimum absolute atomic E-state index is 0.00675. The lowest BCUT2D eigenvalue weighted by atomic mass is 10.1. The molecule has 98 valence electrons. The molecule has 0 N–H and O–H groups in total. The fourth-order valence-electron chi connectivity index (χ4n) is 2.08. The lowest BCUT2D eigenvalue weighted by Gasteiger charge is -2.22. The summed E-state index contributed by atoms with van der Waals surface area (Å²) in [5.41, 5.74) is 0.889. The van der Waals surface area contributed by atoms with Gasteiger partial charge in [0.15, 0.2) is 17.7 Å². The van der Waals surface area contributed by atoms with E-state index in [0.717, 1.165) is 5.56 Å². The number of nitrogens with zero attached hydrogens (tertiary/aromatic N) is 1. The molecule has 1 fully saturated rings. The molecule has 0 spiro atoms. The topological polar surface area (TPSA) is 48.0 Å². The molecule has 2 rings (SSSR count). The molecule has 18 heavy (non-hydrogen) atoms. The maximum absolute atomic E-state index is 11.5. The minimum Gasteiger partial charge on any atom is -0.493 e. The highest BCUT2D eigenvalue weighted by Crippen LogP contribution is 2.34. The summed E-state index contributed by atoms with van der Waals surface area (Å²) in [7, 11) is 3.17. The first-order chi connectivity index (χ1) is 8.67. The number of carbonyl (C=O) groups is 1. The van der Waals surface area contributed by atoms with E-state index in [9.17, 15) is 4.79 Å². The highest BCUT2D eigenvalue weighted by atomic mass is 16.5. The standard InChI is InChI=1S/C13H17NO4/c1-9(15)14-6-7-18-13(14)10-4-5-11(16-2)12(8-10)17-3/h4-5,8,13H,6-7H2,1-3H3. The molecule has 0 aromatic heterocycles. The van der Waals surface area contributed by atoms with Gasteiger partial charge in [-0.2, -0.15) is 0 Å². The quantitative estimate of drug-likeness (QED) is 0.818. The normalized spacial score (nSPS) is 18.8. The van der Waals surface area contributed by atoms with E-state index in [0.29, 0.717) is 24.7 Å². The van der Waals surface area contributed by atoms with E-state index in [2.05, 4.69) is 0 Å². The number of hydrogen-bond donors (Lipinski definition) is 0. The number of ether oxygens (including phenoxy) is 3. The Kier molecular flexibility index (Phi) is 3.72. The average molecular weight is 251 g/mol. The molecular formula is C13H17NO4. The van der Waals surface area contributed by atoms with Gasteiger partial charge in [0.25, 0.3) is 0 Å². The molecule has 5 nitrogen and oxygen atoms in total. The fourth-order valence-corrected chi connectivity index (χ4v) is 2.08. The van der Waals surface area contributed by atoms with Gasteiger partial charge >= 0.3 is 0 Å². The lowest BCUT2D eigenvalue weighted by molar-refractivity contribution is -0.133. The minimum atomic E-state index is -0.331. The van der Waals surface area contributed by atoms with Crippen molar-refractivity contribution < 1.29 is 19.0 Å². The Morgan fingerprint density at radius 3 is 2.67 bits per heavy atom. The summed E-state index contributed by atoms with van der Waals surface area (Å²) < 4.78 is 16.0. The third-order valence-corrected chi connectivity index (χ3v) is 2.99. The van der Waals surface area contributed by atoms with E-state index in [1.165, 1.54) is 0 Å². The molecule has 0 bridgehead atoms. The molecule has 1 heterocycles. The number of benzene rings is 1. The Balaban J connectivity index is 2.30. The SMILES string of the molecule is COc1ccc(C2OCCN2C(C)=O)cc1OC. The predicted molar refractivity (Wildman–Crippen MR) is 65.6 cm³/mol. The summed E-state index contributed by atoms with van der Waals surface area (Å²) in [5.74, 6) is 1.30. The predicted octanol–water partition coefficient (Wildman–Crippen LogP) is 1.58. The van der Waals surface area contributed by atoms with Crippen molar-refractivity contribution >= 4 is 5.91 Å². The van der Waals surface area contributed by atoms with Gasteiger partial charge in [0, 0.05) is 19.0 Å². The molecule has 0 aliphatic carbocycles. The maximum Gasteiger partial charge on any atom is 0.221 e. The van der Waals surface area contributed by atoms with Crippen LogP contribution in [0.15, 0.2) is 18.2 Å². The molecule has 1 unspecified atom stereocenters. The first-order valence-electron chi connectivity index (χ1n) is 5.78. The van der Waals surface area contributed by atoms with Crippen molar-refractivity contribution in [2.75, 3.05) is 27.4 Å². The summed E-state index contributed by atoms with van der Waals surface area (Å²) in [6.07, 6.45) is -0.331. The van der Waals surface area contributed by atoms with Gasteiger partial charge in [0.05, 0.1) is 20.8 Å². The van der Waals surface area contributed by atoms with Crippen LogP contribution < -0.4 is 9.47 Å². The van der Waals surface area contributed by atoms with E-state index in [-0.39, 0.29) is 12.1 Å². The van der Waals surface area contributed by atoms with Gasteiger partial charge in [-0.25, -0.2) is 0 Å².